The van der Waals surface area contributed by atoms with E-state index in [-0.39, 0.29) is 12.1 Å². The first-order chi connectivity index (χ1) is 9.28. The van der Waals surface area contributed by atoms with Gasteiger partial charge in [-0.05, 0) is 33.6 Å². The molecule has 0 N–H and O–H groups in total. The number of hydrogen-bond donors (Lipinski definition) is 0. The summed E-state index contributed by atoms with van der Waals surface area (Å²) in [5.41, 5.74) is -0.521. The fraction of sp³-hybridized carbons (Fsp3) is 0.857. The highest BCUT2D eigenvalue weighted by molar-refractivity contribution is 5.75. The van der Waals surface area contributed by atoms with Crippen LogP contribution in [0.15, 0.2) is 0 Å². The quantitative estimate of drug-likeness (QED) is 0.740. The highest BCUT2D eigenvalue weighted by Gasteiger charge is 2.35. The predicted octanol–water partition coefficient (Wildman–Crippen LogP) is 1.96. The van der Waals surface area contributed by atoms with Gasteiger partial charge in [0.2, 0.25) is 0 Å². The normalized spacial score (nSPS) is 20.6. The third-order valence-corrected chi connectivity index (χ3v) is 3.24. The van der Waals surface area contributed by atoms with Crippen molar-refractivity contribution in [1.82, 2.24) is 4.90 Å². The summed E-state index contributed by atoms with van der Waals surface area (Å²) >= 11 is 0. The minimum Gasteiger partial charge on any atom is -0.467 e. The molecular formula is C14H25NO5. The van der Waals surface area contributed by atoms with Gasteiger partial charge in [-0.2, -0.15) is 0 Å². The molecule has 6 heteroatoms. The van der Waals surface area contributed by atoms with Crippen molar-refractivity contribution >= 4 is 12.1 Å². The highest BCUT2D eigenvalue weighted by atomic mass is 16.6. The van der Waals surface area contributed by atoms with Crippen LogP contribution in [0.25, 0.3) is 0 Å². The van der Waals surface area contributed by atoms with Gasteiger partial charge in [-0.15, -0.1) is 0 Å². The molecule has 1 amide bonds. The highest BCUT2D eigenvalue weighted by Crippen LogP contribution is 2.24. The van der Waals surface area contributed by atoms with E-state index < -0.39 is 17.7 Å². The molecule has 0 aromatic carbocycles. The Kier molecular flexibility index (Phi) is 5.80. The molecule has 0 aromatic rings. The lowest BCUT2D eigenvalue weighted by molar-refractivity contribution is -0.153. The number of amides is 1. The number of methoxy groups -OCH3 is 2. The maximum atomic E-state index is 12.1. The van der Waals surface area contributed by atoms with Gasteiger partial charge in [-0.3, -0.25) is 0 Å². The van der Waals surface area contributed by atoms with Crippen molar-refractivity contribution < 1.29 is 23.8 Å². The van der Waals surface area contributed by atoms with Crippen LogP contribution < -0.4 is 0 Å². The zero-order valence-corrected chi connectivity index (χ0v) is 13.0. The maximum Gasteiger partial charge on any atom is 0.410 e. The van der Waals surface area contributed by atoms with Gasteiger partial charge in [0.1, 0.15) is 5.60 Å². The number of esters is 1. The molecule has 1 aliphatic rings. The van der Waals surface area contributed by atoms with Crippen molar-refractivity contribution in [2.75, 3.05) is 20.8 Å². The Bertz CT molecular complexity index is 350. The number of ether oxygens (including phenoxy) is 3. The van der Waals surface area contributed by atoms with E-state index in [2.05, 4.69) is 0 Å². The minimum atomic E-state index is -0.645. The Balaban J connectivity index is 2.65. The van der Waals surface area contributed by atoms with Crippen LogP contribution in [-0.2, 0) is 19.0 Å². The first kappa shape index (κ1) is 16.8. The Morgan fingerprint density at radius 1 is 1.30 bits per heavy atom. The molecule has 1 fully saturated rings. The fourth-order valence-corrected chi connectivity index (χ4v) is 2.31. The molecule has 0 radical (unpaired) electrons. The SMILES string of the molecule is COC(=O)C(C[C@@H]1CCCN1C(=O)OC(C)(C)C)OC. The van der Waals surface area contributed by atoms with E-state index in [1.54, 1.807) is 4.90 Å². The molecule has 1 saturated heterocycles. The van der Waals surface area contributed by atoms with Gasteiger partial charge in [0, 0.05) is 26.1 Å². The van der Waals surface area contributed by atoms with Crippen molar-refractivity contribution in [2.45, 2.75) is 57.8 Å². The van der Waals surface area contributed by atoms with Crippen LogP contribution in [0.1, 0.15) is 40.0 Å². The lowest BCUT2D eigenvalue weighted by Gasteiger charge is -2.29. The van der Waals surface area contributed by atoms with E-state index in [9.17, 15) is 9.59 Å². The lowest BCUT2D eigenvalue weighted by Crippen LogP contribution is -2.42. The average molecular weight is 287 g/mol. The van der Waals surface area contributed by atoms with E-state index in [0.717, 1.165) is 12.8 Å². The summed E-state index contributed by atoms with van der Waals surface area (Å²) in [5.74, 6) is -0.413. The summed E-state index contributed by atoms with van der Waals surface area (Å²) in [4.78, 5) is 25.4. The molecule has 0 spiro atoms. The summed E-state index contributed by atoms with van der Waals surface area (Å²) in [5, 5.41) is 0. The maximum absolute atomic E-state index is 12.1. The van der Waals surface area contributed by atoms with E-state index in [1.165, 1.54) is 14.2 Å². The summed E-state index contributed by atoms with van der Waals surface area (Å²) in [6.07, 6.45) is 1.20. The van der Waals surface area contributed by atoms with E-state index in [1.807, 2.05) is 20.8 Å². The molecule has 0 bridgehead atoms. The smallest absolute Gasteiger partial charge is 0.410 e. The minimum absolute atomic E-state index is 0.0473. The van der Waals surface area contributed by atoms with Crippen LogP contribution >= 0.6 is 0 Å². The van der Waals surface area contributed by atoms with Crippen molar-refractivity contribution in [2.24, 2.45) is 0 Å². The second-order valence-electron chi connectivity index (χ2n) is 5.95. The molecule has 0 saturated carbocycles. The Hall–Kier alpha value is -1.30. The molecule has 116 valence electrons. The van der Waals surface area contributed by atoms with Gasteiger partial charge in [0.25, 0.3) is 0 Å². The van der Waals surface area contributed by atoms with Crippen LogP contribution in [0.5, 0.6) is 0 Å². The number of carbonyl (C=O) groups excluding carboxylic acids is 2. The molecule has 1 aliphatic heterocycles. The van der Waals surface area contributed by atoms with E-state index in [0.29, 0.717) is 13.0 Å². The first-order valence-corrected chi connectivity index (χ1v) is 6.88. The standard InChI is InChI=1S/C14H25NO5/c1-14(2,3)20-13(17)15-8-6-7-10(15)9-11(18-4)12(16)19-5/h10-11H,6-9H2,1-5H3/t10-,11?/m0/s1. The van der Waals surface area contributed by atoms with Crippen LogP contribution in [0.4, 0.5) is 4.79 Å². The molecule has 2 atom stereocenters. The monoisotopic (exact) mass is 287 g/mol. The molecule has 6 nitrogen and oxygen atoms in total. The van der Waals surface area contributed by atoms with E-state index in [4.69, 9.17) is 14.2 Å². The van der Waals surface area contributed by atoms with Gasteiger partial charge in [0.05, 0.1) is 7.11 Å². The van der Waals surface area contributed by atoms with E-state index >= 15 is 0 Å². The van der Waals surface area contributed by atoms with Crippen molar-refractivity contribution in [3.8, 4) is 0 Å². The summed E-state index contributed by atoms with van der Waals surface area (Å²) in [6.45, 7) is 6.16. The van der Waals surface area contributed by atoms with Crippen molar-refractivity contribution in [3.63, 3.8) is 0 Å². The summed E-state index contributed by atoms with van der Waals surface area (Å²) in [7, 11) is 2.79. The average Bonchev–Trinajstić information content (AvgIpc) is 2.81. The number of nitrogens with zero attached hydrogens (tertiary/aromatic N) is 1. The second kappa shape index (κ2) is 6.92. The van der Waals surface area contributed by atoms with Gasteiger partial charge < -0.3 is 19.1 Å². The molecule has 1 heterocycles. The Morgan fingerprint density at radius 2 is 1.95 bits per heavy atom. The summed E-state index contributed by atoms with van der Waals surface area (Å²) in [6, 6.07) is -0.0473. The zero-order valence-electron chi connectivity index (χ0n) is 13.0. The topological polar surface area (TPSA) is 65.1 Å². The predicted molar refractivity (Wildman–Crippen MR) is 73.4 cm³/mol. The van der Waals surface area contributed by atoms with Gasteiger partial charge in [-0.1, -0.05) is 0 Å². The molecule has 20 heavy (non-hydrogen) atoms. The number of hydrogen-bond acceptors (Lipinski definition) is 5. The second-order valence-corrected chi connectivity index (χ2v) is 5.95. The molecule has 0 aromatic heterocycles. The molecule has 1 unspecified atom stereocenters. The first-order valence-electron chi connectivity index (χ1n) is 6.88. The van der Waals surface area contributed by atoms with Crippen LogP contribution in [0.2, 0.25) is 0 Å². The molecule has 0 aliphatic carbocycles. The fourth-order valence-electron chi connectivity index (χ4n) is 2.31. The third kappa shape index (κ3) is 4.67. The van der Waals surface area contributed by atoms with Crippen molar-refractivity contribution in [1.29, 1.82) is 0 Å². The summed E-state index contributed by atoms with van der Waals surface area (Å²) < 4.78 is 15.2. The Labute approximate surface area is 120 Å². The van der Waals surface area contributed by atoms with Crippen LogP contribution in [0.3, 0.4) is 0 Å². The largest absolute Gasteiger partial charge is 0.467 e. The number of carbonyl (C=O) groups is 2. The zero-order chi connectivity index (χ0) is 15.3. The van der Waals surface area contributed by atoms with Gasteiger partial charge >= 0.3 is 12.1 Å². The number of rotatable bonds is 4. The van der Waals surface area contributed by atoms with Crippen LogP contribution in [-0.4, -0.2) is 55.5 Å². The third-order valence-electron chi connectivity index (χ3n) is 3.24. The molecule has 1 rings (SSSR count). The van der Waals surface area contributed by atoms with Crippen molar-refractivity contribution in [3.05, 3.63) is 0 Å². The number of likely N-dealkylation sites (tertiary alicyclic amines) is 1. The van der Waals surface area contributed by atoms with Gasteiger partial charge in [-0.25, -0.2) is 9.59 Å². The van der Waals surface area contributed by atoms with Gasteiger partial charge in [0.15, 0.2) is 6.10 Å². The Morgan fingerprint density at radius 3 is 2.45 bits per heavy atom. The molecular weight excluding hydrogens is 262 g/mol. The van der Waals surface area contributed by atoms with Crippen LogP contribution in [0, 0.1) is 0 Å². The lowest BCUT2D eigenvalue weighted by atomic mass is 10.1.